The maximum atomic E-state index is 13.9. The third-order valence-corrected chi connectivity index (χ3v) is 6.55. The Kier molecular flexibility index (Phi) is 6.95. The Hall–Kier alpha value is -3.79. The van der Waals surface area contributed by atoms with Gasteiger partial charge in [0.05, 0.1) is 17.9 Å². The van der Waals surface area contributed by atoms with Gasteiger partial charge in [-0.3, -0.25) is 4.98 Å². The van der Waals surface area contributed by atoms with Gasteiger partial charge in [0.25, 0.3) is 0 Å². The number of likely N-dealkylation sites (N-methyl/N-ethyl adjacent to an activating group) is 1. The number of allylic oxidation sites excluding steroid dienone is 3. The van der Waals surface area contributed by atoms with Crippen LogP contribution in [0.3, 0.4) is 0 Å². The van der Waals surface area contributed by atoms with Gasteiger partial charge in [-0.15, -0.1) is 0 Å². The first-order valence-electron chi connectivity index (χ1n) is 12.1. The zero-order valence-electron chi connectivity index (χ0n) is 20.0. The van der Waals surface area contributed by atoms with E-state index in [1.807, 2.05) is 13.2 Å². The number of fused-ring (bicyclic) bond motifs is 1. The second-order valence-corrected chi connectivity index (χ2v) is 9.12. The summed E-state index contributed by atoms with van der Waals surface area (Å²) < 4.78 is 27.0. The van der Waals surface area contributed by atoms with Crippen molar-refractivity contribution in [2.45, 2.75) is 37.6 Å². The van der Waals surface area contributed by atoms with Gasteiger partial charge in [0.15, 0.2) is 5.82 Å². The molecule has 0 radical (unpaired) electrons. The highest BCUT2D eigenvalue weighted by Gasteiger charge is 2.30. The fraction of sp³-hybridized carbons (Fsp3) is 0.346. The standard InChI is InChI=1S/C26H28F2N8/c1-30-20-3-2-8-36(15-20)26-24-21(16-4-5-16)13-31-14-22(24)34-25(35-26)17-6-7-32-23(9-17)33-12-19(28)10-18(27)11-29/h6-7,9-14,16,20,29-30H,2-5,8,15H2,1H3,(H,32,33)/b18-10+,19-12-,29-11?/t20-/m1/s1. The van der Waals surface area contributed by atoms with Crippen LogP contribution in [0.15, 0.2) is 54.7 Å². The first-order chi connectivity index (χ1) is 17.6. The van der Waals surface area contributed by atoms with Crippen molar-refractivity contribution in [2.75, 3.05) is 30.4 Å². The zero-order chi connectivity index (χ0) is 25.1. The van der Waals surface area contributed by atoms with Crippen molar-refractivity contribution in [1.82, 2.24) is 25.3 Å². The van der Waals surface area contributed by atoms with Crippen LogP contribution in [0.4, 0.5) is 20.4 Å². The van der Waals surface area contributed by atoms with Crippen molar-refractivity contribution < 1.29 is 8.78 Å². The zero-order valence-corrected chi connectivity index (χ0v) is 20.0. The second kappa shape index (κ2) is 10.4. The Morgan fingerprint density at radius 1 is 1.17 bits per heavy atom. The van der Waals surface area contributed by atoms with Gasteiger partial charge < -0.3 is 20.9 Å². The van der Waals surface area contributed by atoms with Crippen LogP contribution in [-0.2, 0) is 0 Å². The molecule has 1 aliphatic heterocycles. The van der Waals surface area contributed by atoms with Gasteiger partial charge in [0, 0.05) is 54.8 Å². The number of aromatic nitrogens is 4. The summed E-state index contributed by atoms with van der Waals surface area (Å²) in [7, 11) is 2.00. The quantitative estimate of drug-likeness (QED) is 0.306. The van der Waals surface area contributed by atoms with Crippen LogP contribution in [0, 0.1) is 5.41 Å². The second-order valence-electron chi connectivity index (χ2n) is 9.12. The summed E-state index contributed by atoms with van der Waals surface area (Å²) in [6.07, 6.45) is 11.9. The lowest BCUT2D eigenvalue weighted by atomic mass is 10.0. The smallest absolute Gasteiger partial charge is 0.162 e. The molecule has 4 heterocycles. The summed E-state index contributed by atoms with van der Waals surface area (Å²) >= 11 is 0. The number of hydrogen-bond donors (Lipinski definition) is 3. The average molecular weight is 491 g/mol. The van der Waals surface area contributed by atoms with Gasteiger partial charge in [-0.05, 0) is 56.3 Å². The first kappa shape index (κ1) is 23.9. The molecule has 3 N–H and O–H groups in total. The third-order valence-electron chi connectivity index (χ3n) is 6.55. The van der Waals surface area contributed by atoms with Gasteiger partial charge in [-0.1, -0.05) is 0 Å². The van der Waals surface area contributed by atoms with Crippen LogP contribution < -0.4 is 15.5 Å². The largest absolute Gasteiger partial charge is 0.354 e. The number of pyridine rings is 2. The summed E-state index contributed by atoms with van der Waals surface area (Å²) in [6, 6.07) is 3.91. The number of nitrogens with zero attached hydrogens (tertiary/aromatic N) is 5. The minimum atomic E-state index is -0.984. The lowest BCUT2D eigenvalue weighted by Crippen LogP contribution is -2.45. The van der Waals surface area contributed by atoms with Crippen LogP contribution in [0.25, 0.3) is 22.3 Å². The highest BCUT2D eigenvalue weighted by Crippen LogP contribution is 2.45. The Labute approximate surface area is 208 Å². The monoisotopic (exact) mass is 490 g/mol. The molecule has 10 heteroatoms. The number of halogens is 2. The van der Waals surface area contributed by atoms with Gasteiger partial charge in [-0.2, -0.15) is 0 Å². The van der Waals surface area contributed by atoms with E-state index in [-0.39, 0.29) is 0 Å². The van der Waals surface area contributed by atoms with Crippen molar-refractivity contribution >= 4 is 28.8 Å². The molecule has 0 amide bonds. The molecule has 0 unspecified atom stereocenters. The lowest BCUT2D eigenvalue weighted by Gasteiger charge is -2.34. The molecular formula is C26H28F2N8. The molecule has 1 aliphatic carbocycles. The van der Waals surface area contributed by atoms with Crippen molar-refractivity contribution in [3.8, 4) is 11.4 Å². The van der Waals surface area contributed by atoms with E-state index in [4.69, 9.17) is 15.4 Å². The molecule has 0 spiro atoms. The van der Waals surface area contributed by atoms with Crippen molar-refractivity contribution in [1.29, 1.82) is 5.41 Å². The molecule has 3 aromatic rings. The molecule has 2 aliphatic rings. The van der Waals surface area contributed by atoms with E-state index in [9.17, 15) is 8.78 Å². The SMILES string of the molecule is CN[C@@H]1CCCN(c2nc(-c3ccnc(N/C=C(F)/C=C(/F)C=N)c3)nc3cncc(C4CC4)c23)C1. The van der Waals surface area contributed by atoms with Gasteiger partial charge in [0.2, 0.25) is 0 Å². The van der Waals surface area contributed by atoms with Crippen LogP contribution >= 0.6 is 0 Å². The van der Waals surface area contributed by atoms with E-state index in [1.54, 1.807) is 24.5 Å². The van der Waals surface area contributed by atoms with Crippen LogP contribution in [0.5, 0.6) is 0 Å². The van der Waals surface area contributed by atoms with Gasteiger partial charge in [0.1, 0.15) is 23.3 Å². The summed E-state index contributed by atoms with van der Waals surface area (Å²) in [5, 5.41) is 14.0. The molecule has 0 aromatic carbocycles. The van der Waals surface area contributed by atoms with E-state index in [2.05, 4.69) is 25.5 Å². The molecular weight excluding hydrogens is 462 g/mol. The first-order valence-corrected chi connectivity index (χ1v) is 12.1. The van der Waals surface area contributed by atoms with E-state index in [0.717, 1.165) is 61.7 Å². The Bertz CT molecular complexity index is 1330. The minimum absolute atomic E-state index is 0.356. The molecule has 1 atom stereocenters. The van der Waals surface area contributed by atoms with E-state index in [1.165, 1.54) is 5.56 Å². The summed E-state index contributed by atoms with van der Waals surface area (Å²) in [4.78, 5) is 20.9. The average Bonchev–Trinajstić information content (AvgIpc) is 3.76. The number of rotatable bonds is 8. The topological polar surface area (TPSA) is 103 Å². The fourth-order valence-corrected chi connectivity index (χ4v) is 4.56. The lowest BCUT2D eigenvalue weighted by molar-refractivity contribution is 0.448. The van der Waals surface area contributed by atoms with Crippen molar-refractivity contribution in [3.05, 3.63) is 60.2 Å². The molecule has 0 bridgehead atoms. The molecule has 186 valence electrons. The summed E-state index contributed by atoms with van der Waals surface area (Å²) in [5.41, 5.74) is 2.73. The fourth-order valence-electron chi connectivity index (χ4n) is 4.56. The van der Waals surface area contributed by atoms with Gasteiger partial charge >= 0.3 is 0 Å². The van der Waals surface area contributed by atoms with E-state index in [0.29, 0.717) is 41.5 Å². The van der Waals surface area contributed by atoms with E-state index < -0.39 is 11.7 Å². The highest BCUT2D eigenvalue weighted by atomic mass is 19.1. The molecule has 8 nitrogen and oxygen atoms in total. The number of anilines is 2. The maximum Gasteiger partial charge on any atom is 0.162 e. The Balaban J connectivity index is 1.54. The Morgan fingerprint density at radius 2 is 2.03 bits per heavy atom. The number of hydrogen-bond acceptors (Lipinski definition) is 8. The number of nitrogens with one attached hydrogen (secondary N) is 3. The molecule has 2 fully saturated rings. The maximum absolute atomic E-state index is 13.9. The van der Waals surface area contributed by atoms with Crippen molar-refractivity contribution in [2.24, 2.45) is 0 Å². The normalized spacial score (nSPS) is 19.0. The molecule has 1 saturated carbocycles. The number of piperidine rings is 1. The minimum Gasteiger partial charge on any atom is -0.354 e. The van der Waals surface area contributed by atoms with Crippen LogP contribution in [-0.4, -0.2) is 52.3 Å². The highest BCUT2D eigenvalue weighted by molar-refractivity contribution is 5.94. The summed E-state index contributed by atoms with van der Waals surface area (Å²) in [5.74, 6) is 0.461. The molecule has 5 rings (SSSR count). The van der Waals surface area contributed by atoms with Gasteiger partial charge in [-0.25, -0.2) is 23.7 Å². The van der Waals surface area contributed by atoms with Crippen LogP contribution in [0.2, 0.25) is 0 Å². The molecule has 3 aromatic heterocycles. The predicted octanol–water partition coefficient (Wildman–Crippen LogP) is 4.88. The van der Waals surface area contributed by atoms with Crippen molar-refractivity contribution in [3.63, 3.8) is 0 Å². The van der Waals surface area contributed by atoms with E-state index >= 15 is 0 Å². The summed E-state index contributed by atoms with van der Waals surface area (Å²) in [6.45, 7) is 1.78. The molecule has 36 heavy (non-hydrogen) atoms. The van der Waals surface area contributed by atoms with Crippen LogP contribution in [0.1, 0.15) is 37.2 Å². The molecule has 1 saturated heterocycles. The Morgan fingerprint density at radius 3 is 2.81 bits per heavy atom. The predicted molar refractivity (Wildman–Crippen MR) is 138 cm³/mol. The third kappa shape index (κ3) is 5.23.